The standard InChI is InChI=1S/C13H18O4S/c1-3-9-16-10-4-11-17-18(14,15)13-7-5-12(2)6-8-13/h3,5-8H,1,4,9-11H2,2H3. The van der Waals surface area contributed by atoms with Crippen molar-refractivity contribution in [1.29, 1.82) is 0 Å². The predicted molar refractivity (Wildman–Crippen MR) is 69.9 cm³/mol. The average molecular weight is 270 g/mol. The van der Waals surface area contributed by atoms with Gasteiger partial charge in [0.2, 0.25) is 0 Å². The number of ether oxygens (including phenoxy) is 1. The monoisotopic (exact) mass is 270 g/mol. The summed E-state index contributed by atoms with van der Waals surface area (Å²) in [7, 11) is -3.65. The molecule has 0 amide bonds. The molecular weight excluding hydrogens is 252 g/mol. The van der Waals surface area contributed by atoms with Crippen molar-refractivity contribution in [3.63, 3.8) is 0 Å². The summed E-state index contributed by atoms with van der Waals surface area (Å²) < 4.78 is 33.5. The van der Waals surface area contributed by atoms with Crippen LogP contribution in [0.2, 0.25) is 0 Å². The lowest BCUT2D eigenvalue weighted by Gasteiger charge is -2.06. The van der Waals surface area contributed by atoms with E-state index in [0.717, 1.165) is 5.56 Å². The molecule has 0 bridgehead atoms. The van der Waals surface area contributed by atoms with Gasteiger partial charge in [0.15, 0.2) is 0 Å². The van der Waals surface area contributed by atoms with Crippen LogP contribution in [0.4, 0.5) is 0 Å². The molecule has 0 spiro atoms. The lowest BCUT2D eigenvalue weighted by molar-refractivity contribution is 0.144. The molecule has 0 aromatic heterocycles. The summed E-state index contributed by atoms with van der Waals surface area (Å²) in [4.78, 5) is 0.181. The Morgan fingerprint density at radius 2 is 1.89 bits per heavy atom. The highest BCUT2D eigenvalue weighted by atomic mass is 32.2. The van der Waals surface area contributed by atoms with Gasteiger partial charge in [-0.3, -0.25) is 4.18 Å². The number of rotatable bonds is 8. The van der Waals surface area contributed by atoms with E-state index < -0.39 is 10.1 Å². The minimum Gasteiger partial charge on any atom is -0.377 e. The first-order valence-electron chi connectivity index (χ1n) is 5.71. The number of hydrogen-bond acceptors (Lipinski definition) is 4. The van der Waals surface area contributed by atoms with E-state index in [1.165, 1.54) is 0 Å². The fourth-order valence-corrected chi connectivity index (χ4v) is 2.21. The molecule has 0 N–H and O–H groups in total. The predicted octanol–water partition coefficient (Wildman–Crippen LogP) is 2.29. The lowest BCUT2D eigenvalue weighted by atomic mass is 10.2. The molecule has 0 saturated carbocycles. The molecule has 0 saturated heterocycles. The van der Waals surface area contributed by atoms with Crippen LogP contribution in [0.1, 0.15) is 12.0 Å². The molecule has 0 aliphatic rings. The number of benzene rings is 1. The summed E-state index contributed by atoms with van der Waals surface area (Å²) in [6, 6.07) is 6.56. The Morgan fingerprint density at radius 1 is 1.22 bits per heavy atom. The zero-order valence-electron chi connectivity index (χ0n) is 10.5. The molecule has 0 aliphatic carbocycles. The molecule has 1 aromatic rings. The third-order valence-electron chi connectivity index (χ3n) is 2.22. The molecule has 18 heavy (non-hydrogen) atoms. The number of aryl methyl sites for hydroxylation is 1. The molecule has 4 nitrogen and oxygen atoms in total. The molecule has 0 unspecified atom stereocenters. The maximum Gasteiger partial charge on any atom is 0.296 e. The Bertz CT molecular complexity index is 462. The molecular formula is C13H18O4S. The second kappa shape index (κ2) is 7.31. The van der Waals surface area contributed by atoms with E-state index in [1.807, 2.05) is 6.92 Å². The van der Waals surface area contributed by atoms with E-state index in [0.29, 0.717) is 19.6 Å². The third-order valence-corrected chi connectivity index (χ3v) is 3.54. The van der Waals surface area contributed by atoms with Crippen LogP contribution in [0.15, 0.2) is 41.8 Å². The quantitative estimate of drug-likeness (QED) is 0.413. The fraction of sp³-hybridized carbons (Fsp3) is 0.385. The largest absolute Gasteiger partial charge is 0.377 e. The van der Waals surface area contributed by atoms with Crippen molar-refractivity contribution in [2.45, 2.75) is 18.2 Å². The summed E-state index contributed by atoms with van der Waals surface area (Å²) in [5, 5.41) is 0. The highest BCUT2D eigenvalue weighted by Crippen LogP contribution is 2.13. The summed E-state index contributed by atoms with van der Waals surface area (Å²) in [5.41, 5.74) is 1.01. The molecule has 0 aliphatic heterocycles. The zero-order valence-corrected chi connectivity index (χ0v) is 11.3. The van der Waals surface area contributed by atoms with Gasteiger partial charge in [-0.15, -0.1) is 6.58 Å². The van der Waals surface area contributed by atoms with Crippen molar-refractivity contribution in [3.05, 3.63) is 42.5 Å². The van der Waals surface area contributed by atoms with Crippen LogP contribution in [0.25, 0.3) is 0 Å². The van der Waals surface area contributed by atoms with Crippen molar-refractivity contribution in [3.8, 4) is 0 Å². The van der Waals surface area contributed by atoms with E-state index in [1.54, 1.807) is 30.3 Å². The Morgan fingerprint density at radius 3 is 2.50 bits per heavy atom. The van der Waals surface area contributed by atoms with Crippen molar-refractivity contribution < 1.29 is 17.3 Å². The van der Waals surface area contributed by atoms with Crippen LogP contribution in [0, 0.1) is 6.92 Å². The second-order valence-corrected chi connectivity index (χ2v) is 5.42. The van der Waals surface area contributed by atoms with Gasteiger partial charge >= 0.3 is 0 Å². The van der Waals surface area contributed by atoms with E-state index in [-0.39, 0.29) is 11.5 Å². The van der Waals surface area contributed by atoms with Gasteiger partial charge < -0.3 is 4.74 Å². The van der Waals surface area contributed by atoms with Gasteiger partial charge in [-0.2, -0.15) is 8.42 Å². The van der Waals surface area contributed by atoms with Gasteiger partial charge in [-0.25, -0.2) is 0 Å². The first kappa shape index (κ1) is 14.9. The van der Waals surface area contributed by atoms with Gasteiger partial charge in [0, 0.05) is 6.61 Å². The summed E-state index contributed by atoms with van der Waals surface area (Å²) >= 11 is 0. The van der Waals surface area contributed by atoms with Crippen molar-refractivity contribution in [2.24, 2.45) is 0 Å². The average Bonchev–Trinajstić information content (AvgIpc) is 2.34. The van der Waals surface area contributed by atoms with Crippen LogP contribution in [-0.2, 0) is 19.0 Å². The van der Waals surface area contributed by atoms with Crippen molar-refractivity contribution >= 4 is 10.1 Å². The molecule has 100 valence electrons. The maximum atomic E-state index is 11.8. The van der Waals surface area contributed by atoms with E-state index in [2.05, 4.69) is 6.58 Å². The maximum absolute atomic E-state index is 11.8. The molecule has 1 aromatic carbocycles. The van der Waals surface area contributed by atoms with Crippen LogP contribution in [-0.4, -0.2) is 28.2 Å². The molecule has 0 atom stereocenters. The zero-order chi connectivity index (χ0) is 13.4. The first-order valence-corrected chi connectivity index (χ1v) is 7.12. The van der Waals surface area contributed by atoms with Crippen molar-refractivity contribution in [1.82, 2.24) is 0 Å². The van der Waals surface area contributed by atoms with Gasteiger partial charge in [0.05, 0.1) is 18.1 Å². The molecule has 0 fully saturated rings. The molecule has 0 heterocycles. The van der Waals surface area contributed by atoms with Crippen molar-refractivity contribution in [2.75, 3.05) is 19.8 Å². The Kier molecular flexibility index (Phi) is 6.04. The van der Waals surface area contributed by atoms with Crippen LogP contribution >= 0.6 is 0 Å². The summed E-state index contributed by atoms with van der Waals surface area (Å²) in [6.45, 7) is 6.44. The minimum atomic E-state index is -3.65. The Balaban J connectivity index is 2.40. The lowest BCUT2D eigenvalue weighted by Crippen LogP contribution is -2.09. The van der Waals surface area contributed by atoms with Crippen LogP contribution in [0.5, 0.6) is 0 Å². The molecule has 5 heteroatoms. The Labute approximate surface area is 108 Å². The van der Waals surface area contributed by atoms with Gasteiger partial charge in [-0.1, -0.05) is 23.8 Å². The number of hydrogen-bond donors (Lipinski definition) is 0. The van der Waals surface area contributed by atoms with E-state index in [4.69, 9.17) is 8.92 Å². The molecule has 0 radical (unpaired) electrons. The normalized spacial score (nSPS) is 11.4. The molecule has 1 rings (SSSR count). The van der Waals surface area contributed by atoms with E-state index >= 15 is 0 Å². The smallest absolute Gasteiger partial charge is 0.296 e. The topological polar surface area (TPSA) is 52.6 Å². The third kappa shape index (κ3) is 5.00. The fourth-order valence-electron chi connectivity index (χ4n) is 1.27. The van der Waals surface area contributed by atoms with Gasteiger partial charge in [0.25, 0.3) is 10.1 Å². The SMILES string of the molecule is C=CCOCCCOS(=O)(=O)c1ccc(C)cc1. The first-order chi connectivity index (χ1) is 8.56. The Hall–Kier alpha value is -1.17. The van der Waals surface area contributed by atoms with Gasteiger partial charge in [-0.05, 0) is 25.5 Å². The summed E-state index contributed by atoms with van der Waals surface area (Å²) in [6.07, 6.45) is 2.17. The van der Waals surface area contributed by atoms with E-state index in [9.17, 15) is 8.42 Å². The van der Waals surface area contributed by atoms with Gasteiger partial charge in [0.1, 0.15) is 0 Å². The minimum absolute atomic E-state index is 0.118. The second-order valence-electron chi connectivity index (χ2n) is 3.81. The van der Waals surface area contributed by atoms with Crippen LogP contribution in [0.3, 0.4) is 0 Å². The highest BCUT2D eigenvalue weighted by molar-refractivity contribution is 7.86. The summed E-state index contributed by atoms with van der Waals surface area (Å²) in [5.74, 6) is 0. The highest BCUT2D eigenvalue weighted by Gasteiger charge is 2.14. The van der Waals surface area contributed by atoms with Crippen LogP contribution < -0.4 is 0 Å².